The van der Waals surface area contributed by atoms with Crippen molar-refractivity contribution < 1.29 is 4.39 Å². The van der Waals surface area contributed by atoms with Crippen LogP contribution in [0.5, 0.6) is 0 Å². The van der Waals surface area contributed by atoms with Gasteiger partial charge in [0.05, 0.1) is 6.54 Å². The van der Waals surface area contributed by atoms with Crippen molar-refractivity contribution in [3.63, 3.8) is 0 Å². The topological polar surface area (TPSA) is 53.6 Å². The maximum atomic E-state index is 14.0. The Morgan fingerprint density at radius 1 is 1.12 bits per heavy atom. The number of nitrogens with zero attached hydrogens (tertiary/aromatic N) is 2. The molecule has 0 aliphatic carbocycles. The maximum absolute atomic E-state index is 14.0. The van der Waals surface area contributed by atoms with Crippen molar-refractivity contribution in [2.24, 2.45) is 10.7 Å². The van der Waals surface area contributed by atoms with E-state index < -0.39 is 0 Å². The standard InChI is InChI=1S/C19H25FN4/c1-4-14-6-9-17(10-7-14)23-19(21)22-12-15-5-8-16(13-24(2)3)18(20)11-15/h5-11H,4,12-13H2,1-3H3,(H3,21,22,23). The van der Waals surface area contributed by atoms with E-state index in [2.05, 4.69) is 29.4 Å². The van der Waals surface area contributed by atoms with Crippen LogP contribution in [0, 0.1) is 5.82 Å². The summed E-state index contributed by atoms with van der Waals surface area (Å²) in [5.41, 5.74) is 9.52. The molecule has 128 valence electrons. The molecular weight excluding hydrogens is 303 g/mol. The van der Waals surface area contributed by atoms with Gasteiger partial charge in [0.15, 0.2) is 5.96 Å². The summed E-state index contributed by atoms with van der Waals surface area (Å²) in [7, 11) is 3.83. The van der Waals surface area contributed by atoms with Crippen molar-refractivity contribution in [1.29, 1.82) is 0 Å². The Balaban J connectivity index is 1.97. The van der Waals surface area contributed by atoms with Crippen molar-refractivity contribution in [3.05, 3.63) is 65.0 Å². The van der Waals surface area contributed by atoms with E-state index in [1.54, 1.807) is 6.07 Å². The van der Waals surface area contributed by atoms with Gasteiger partial charge >= 0.3 is 0 Å². The molecule has 24 heavy (non-hydrogen) atoms. The van der Waals surface area contributed by atoms with Gasteiger partial charge in [0.2, 0.25) is 0 Å². The van der Waals surface area contributed by atoms with Crippen LogP contribution < -0.4 is 11.1 Å². The minimum atomic E-state index is -0.210. The van der Waals surface area contributed by atoms with Gasteiger partial charge in [-0.25, -0.2) is 9.38 Å². The summed E-state index contributed by atoms with van der Waals surface area (Å²) in [5.74, 6) is 0.107. The fourth-order valence-electron chi connectivity index (χ4n) is 2.35. The second-order valence-electron chi connectivity index (χ2n) is 6.04. The SMILES string of the molecule is CCc1ccc(NC(N)=NCc2ccc(CN(C)C)c(F)c2)cc1. The summed E-state index contributed by atoms with van der Waals surface area (Å²) in [5, 5.41) is 3.04. The molecule has 5 heteroatoms. The molecule has 0 amide bonds. The van der Waals surface area contributed by atoms with Gasteiger partial charge in [0, 0.05) is 17.8 Å². The molecule has 0 radical (unpaired) electrons. The Morgan fingerprint density at radius 3 is 2.38 bits per heavy atom. The number of hydrogen-bond donors (Lipinski definition) is 2. The molecule has 0 aliphatic rings. The Morgan fingerprint density at radius 2 is 1.79 bits per heavy atom. The molecule has 0 unspecified atom stereocenters. The fraction of sp³-hybridized carbons (Fsp3) is 0.316. The normalized spacial score (nSPS) is 11.8. The predicted octanol–water partition coefficient (Wildman–Crippen LogP) is 3.38. The first-order chi connectivity index (χ1) is 11.5. The lowest BCUT2D eigenvalue weighted by molar-refractivity contribution is 0.392. The number of guanidine groups is 1. The third kappa shape index (κ3) is 5.35. The summed E-state index contributed by atoms with van der Waals surface area (Å²) in [6.07, 6.45) is 0.999. The molecule has 3 N–H and O–H groups in total. The van der Waals surface area contributed by atoms with Crippen LogP contribution in [-0.4, -0.2) is 25.0 Å². The van der Waals surface area contributed by atoms with Crippen LogP contribution in [0.4, 0.5) is 10.1 Å². The molecule has 2 aromatic carbocycles. The summed E-state index contributed by atoms with van der Waals surface area (Å²) in [6.45, 7) is 3.03. The van der Waals surface area contributed by atoms with E-state index in [9.17, 15) is 4.39 Å². The zero-order valence-electron chi connectivity index (χ0n) is 14.5. The van der Waals surface area contributed by atoms with E-state index in [1.165, 1.54) is 11.6 Å². The number of halogens is 1. The minimum Gasteiger partial charge on any atom is -0.370 e. The molecule has 0 bridgehead atoms. The number of anilines is 1. The van der Waals surface area contributed by atoms with E-state index in [0.29, 0.717) is 24.6 Å². The van der Waals surface area contributed by atoms with Crippen LogP contribution in [-0.2, 0) is 19.5 Å². The third-order valence-electron chi connectivity index (χ3n) is 3.67. The van der Waals surface area contributed by atoms with Gasteiger partial charge in [0.1, 0.15) is 5.82 Å². The van der Waals surface area contributed by atoms with Crippen LogP contribution in [0.3, 0.4) is 0 Å². The Kier molecular flexibility index (Phi) is 6.32. The molecule has 0 saturated heterocycles. The van der Waals surface area contributed by atoms with E-state index in [4.69, 9.17) is 5.73 Å². The van der Waals surface area contributed by atoms with Gasteiger partial charge in [-0.1, -0.05) is 31.2 Å². The van der Waals surface area contributed by atoms with Gasteiger partial charge in [-0.3, -0.25) is 0 Å². The lowest BCUT2D eigenvalue weighted by Crippen LogP contribution is -2.22. The molecule has 4 nitrogen and oxygen atoms in total. The van der Waals surface area contributed by atoms with Crippen molar-refractivity contribution in [2.75, 3.05) is 19.4 Å². The number of aryl methyl sites for hydroxylation is 1. The van der Waals surface area contributed by atoms with Crippen LogP contribution in [0.2, 0.25) is 0 Å². The molecular formula is C19H25FN4. The van der Waals surface area contributed by atoms with Crippen molar-refractivity contribution in [3.8, 4) is 0 Å². The highest BCUT2D eigenvalue weighted by atomic mass is 19.1. The monoisotopic (exact) mass is 328 g/mol. The van der Waals surface area contributed by atoms with Gasteiger partial charge in [-0.2, -0.15) is 0 Å². The van der Waals surface area contributed by atoms with Crippen molar-refractivity contribution >= 4 is 11.6 Å². The zero-order valence-corrected chi connectivity index (χ0v) is 14.5. The van der Waals surface area contributed by atoms with Gasteiger partial charge in [-0.05, 0) is 49.8 Å². The number of nitrogens with two attached hydrogens (primary N) is 1. The van der Waals surface area contributed by atoms with Gasteiger partial charge in [0.25, 0.3) is 0 Å². The van der Waals surface area contributed by atoms with E-state index in [0.717, 1.165) is 17.7 Å². The first-order valence-corrected chi connectivity index (χ1v) is 8.06. The van der Waals surface area contributed by atoms with Crippen LogP contribution >= 0.6 is 0 Å². The first-order valence-electron chi connectivity index (χ1n) is 8.06. The molecule has 0 fully saturated rings. The van der Waals surface area contributed by atoms with E-state index in [-0.39, 0.29) is 5.82 Å². The third-order valence-corrected chi connectivity index (χ3v) is 3.67. The van der Waals surface area contributed by atoms with Crippen molar-refractivity contribution in [2.45, 2.75) is 26.4 Å². The molecule has 2 rings (SSSR count). The summed E-state index contributed by atoms with van der Waals surface area (Å²) < 4.78 is 14.0. The molecule has 0 aliphatic heterocycles. The average molecular weight is 328 g/mol. The quantitative estimate of drug-likeness (QED) is 0.631. The molecule has 0 saturated carbocycles. The van der Waals surface area contributed by atoms with Gasteiger partial charge in [-0.15, -0.1) is 0 Å². The number of aliphatic imine (C=N–C) groups is 1. The van der Waals surface area contributed by atoms with Crippen LogP contribution in [0.15, 0.2) is 47.5 Å². The molecule has 0 aromatic heterocycles. The lowest BCUT2D eigenvalue weighted by atomic mass is 10.1. The summed E-state index contributed by atoms with van der Waals surface area (Å²) in [4.78, 5) is 6.20. The maximum Gasteiger partial charge on any atom is 0.193 e. The van der Waals surface area contributed by atoms with E-state index >= 15 is 0 Å². The average Bonchev–Trinajstić information content (AvgIpc) is 2.55. The largest absolute Gasteiger partial charge is 0.370 e. The Hall–Kier alpha value is -2.40. The highest BCUT2D eigenvalue weighted by Crippen LogP contribution is 2.13. The highest BCUT2D eigenvalue weighted by Gasteiger charge is 2.05. The lowest BCUT2D eigenvalue weighted by Gasteiger charge is -2.11. The molecule has 0 spiro atoms. The molecule has 2 aromatic rings. The second-order valence-corrected chi connectivity index (χ2v) is 6.04. The predicted molar refractivity (Wildman–Crippen MR) is 98.6 cm³/mol. The number of rotatable bonds is 6. The zero-order chi connectivity index (χ0) is 17.5. The smallest absolute Gasteiger partial charge is 0.193 e. The molecule has 0 heterocycles. The second kappa shape index (κ2) is 8.45. The minimum absolute atomic E-state index is 0.210. The van der Waals surface area contributed by atoms with E-state index in [1.807, 2.05) is 37.2 Å². The Labute approximate surface area is 143 Å². The van der Waals surface area contributed by atoms with Crippen LogP contribution in [0.25, 0.3) is 0 Å². The van der Waals surface area contributed by atoms with Crippen molar-refractivity contribution in [1.82, 2.24) is 4.90 Å². The Bertz CT molecular complexity index is 693. The fourth-order valence-corrected chi connectivity index (χ4v) is 2.35. The van der Waals surface area contributed by atoms with Crippen LogP contribution in [0.1, 0.15) is 23.6 Å². The number of hydrogen-bond acceptors (Lipinski definition) is 2. The molecule has 0 atom stereocenters. The highest BCUT2D eigenvalue weighted by molar-refractivity contribution is 5.92. The number of nitrogens with one attached hydrogen (secondary N) is 1. The van der Waals surface area contributed by atoms with Gasteiger partial charge < -0.3 is 16.0 Å². The number of benzene rings is 2. The summed E-state index contributed by atoms with van der Waals surface area (Å²) >= 11 is 0. The summed E-state index contributed by atoms with van der Waals surface area (Å²) in [6, 6.07) is 13.2. The first kappa shape index (κ1) is 17.9.